The third-order valence-electron chi connectivity index (χ3n) is 6.28. The van der Waals surface area contributed by atoms with Crippen LogP contribution < -0.4 is 9.47 Å². The van der Waals surface area contributed by atoms with Crippen LogP contribution in [0.1, 0.15) is 81.5 Å². The Kier molecular flexibility index (Phi) is 11.5. The van der Waals surface area contributed by atoms with Crippen molar-refractivity contribution >= 4 is 17.6 Å². The number of carbonyl (C=O) groups excluding carboxylic acids is 2. The van der Waals surface area contributed by atoms with E-state index in [9.17, 15) is 19.7 Å². The minimum atomic E-state index is -0.527. The van der Waals surface area contributed by atoms with Gasteiger partial charge < -0.3 is 9.47 Å². The molecular formula is C31H35NO6. The molecule has 0 amide bonds. The number of nitro groups is 1. The van der Waals surface area contributed by atoms with Crippen LogP contribution in [0.2, 0.25) is 0 Å². The summed E-state index contributed by atoms with van der Waals surface area (Å²) >= 11 is 0. The number of ether oxygens (including phenoxy) is 2. The predicted molar refractivity (Wildman–Crippen MR) is 147 cm³/mol. The Hall–Kier alpha value is -4.00. The number of rotatable bonds is 15. The number of hydrogen-bond acceptors (Lipinski definition) is 6. The second-order valence-electron chi connectivity index (χ2n) is 9.29. The summed E-state index contributed by atoms with van der Waals surface area (Å²) in [5.74, 6) is -0.0240. The van der Waals surface area contributed by atoms with Crippen LogP contribution in [0.5, 0.6) is 11.5 Å². The highest BCUT2D eigenvalue weighted by molar-refractivity contribution is 5.91. The molecule has 0 saturated heterocycles. The van der Waals surface area contributed by atoms with E-state index in [0.29, 0.717) is 23.5 Å². The third kappa shape index (κ3) is 9.47. The zero-order valence-electron chi connectivity index (χ0n) is 21.9. The minimum Gasteiger partial charge on any atom is -0.427 e. The first-order chi connectivity index (χ1) is 18.5. The van der Waals surface area contributed by atoms with E-state index < -0.39 is 10.9 Å². The lowest BCUT2D eigenvalue weighted by Gasteiger charge is -2.08. The van der Waals surface area contributed by atoms with Crippen molar-refractivity contribution in [2.24, 2.45) is 0 Å². The van der Waals surface area contributed by atoms with Gasteiger partial charge in [-0.1, -0.05) is 70.4 Å². The maximum atomic E-state index is 12.5. The number of carbonyl (C=O) groups is 2. The van der Waals surface area contributed by atoms with Gasteiger partial charge >= 0.3 is 11.9 Å². The molecule has 0 heterocycles. The van der Waals surface area contributed by atoms with Crippen molar-refractivity contribution in [2.45, 2.75) is 71.1 Å². The molecule has 3 rings (SSSR count). The Morgan fingerprint density at radius 1 is 0.658 bits per heavy atom. The first kappa shape index (κ1) is 28.6. The number of esters is 2. The van der Waals surface area contributed by atoms with E-state index in [1.807, 2.05) is 0 Å². The van der Waals surface area contributed by atoms with Crippen molar-refractivity contribution in [3.8, 4) is 22.6 Å². The molecule has 200 valence electrons. The normalized spacial score (nSPS) is 10.7. The highest BCUT2D eigenvalue weighted by Crippen LogP contribution is 2.25. The first-order valence-corrected chi connectivity index (χ1v) is 13.3. The van der Waals surface area contributed by atoms with Crippen molar-refractivity contribution in [3.05, 3.63) is 88.5 Å². The molecule has 0 bridgehead atoms. The fourth-order valence-corrected chi connectivity index (χ4v) is 4.08. The van der Waals surface area contributed by atoms with Crippen LogP contribution in [-0.4, -0.2) is 16.9 Å². The lowest BCUT2D eigenvalue weighted by atomic mass is 10.1. The molecule has 0 atom stereocenters. The van der Waals surface area contributed by atoms with Gasteiger partial charge in [0.05, 0.1) is 10.5 Å². The summed E-state index contributed by atoms with van der Waals surface area (Å²) in [6.07, 6.45) is 11.1. The predicted octanol–water partition coefficient (Wildman–Crippen LogP) is 8.31. The van der Waals surface area contributed by atoms with Crippen LogP contribution >= 0.6 is 0 Å². The molecule has 0 unspecified atom stereocenters. The van der Waals surface area contributed by atoms with Gasteiger partial charge in [0.1, 0.15) is 11.5 Å². The first-order valence-electron chi connectivity index (χ1n) is 13.3. The molecule has 3 aromatic carbocycles. The average molecular weight is 518 g/mol. The zero-order valence-corrected chi connectivity index (χ0v) is 21.9. The molecule has 0 aromatic heterocycles. The standard InChI is InChI=1S/C31H35NO6/c1-2-3-4-5-6-7-8-9-10-11-30(33)37-28-22-16-26(17-23-28)31(34)38-29-20-14-25(15-21-29)24-12-18-27(19-13-24)32(35)36/h12-23H,2-11H2,1H3. The van der Waals surface area contributed by atoms with Crippen LogP contribution in [0.15, 0.2) is 72.8 Å². The monoisotopic (exact) mass is 517 g/mol. The summed E-state index contributed by atoms with van der Waals surface area (Å²) in [6, 6.07) is 19.4. The Balaban J connectivity index is 1.39. The number of unbranched alkanes of at least 4 members (excludes halogenated alkanes) is 8. The number of benzene rings is 3. The molecule has 0 fully saturated rings. The number of nitro benzene ring substituents is 1. The van der Waals surface area contributed by atoms with E-state index in [0.717, 1.165) is 30.4 Å². The minimum absolute atomic E-state index is 0.0267. The van der Waals surface area contributed by atoms with E-state index in [1.165, 1.54) is 50.7 Å². The molecule has 0 aliphatic carbocycles. The maximum Gasteiger partial charge on any atom is 0.343 e. The molecule has 0 aliphatic heterocycles. The lowest BCUT2D eigenvalue weighted by Crippen LogP contribution is -2.10. The number of hydrogen-bond donors (Lipinski definition) is 0. The summed E-state index contributed by atoms with van der Waals surface area (Å²) in [5.41, 5.74) is 2.02. The number of non-ortho nitro benzene ring substituents is 1. The fourth-order valence-electron chi connectivity index (χ4n) is 4.08. The molecule has 7 heteroatoms. The quantitative estimate of drug-likeness (QED) is 0.0661. The molecule has 38 heavy (non-hydrogen) atoms. The fraction of sp³-hybridized carbons (Fsp3) is 0.355. The van der Waals surface area contributed by atoms with Crippen molar-refractivity contribution in [3.63, 3.8) is 0 Å². The zero-order chi connectivity index (χ0) is 27.2. The van der Waals surface area contributed by atoms with Gasteiger partial charge in [-0.2, -0.15) is 0 Å². The SMILES string of the molecule is CCCCCCCCCCCC(=O)Oc1ccc(C(=O)Oc2ccc(-c3ccc([N+](=O)[O-])cc3)cc2)cc1. The molecule has 0 spiro atoms. The van der Waals surface area contributed by atoms with Crippen LogP contribution in [-0.2, 0) is 4.79 Å². The van der Waals surface area contributed by atoms with Gasteiger partial charge in [-0.3, -0.25) is 14.9 Å². The van der Waals surface area contributed by atoms with E-state index in [1.54, 1.807) is 60.7 Å². The van der Waals surface area contributed by atoms with Crippen molar-refractivity contribution in [2.75, 3.05) is 0 Å². The maximum absolute atomic E-state index is 12.5. The number of nitrogens with zero attached hydrogens (tertiary/aromatic N) is 1. The van der Waals surface area contributed by atoms with Crippen molar-refractivity contribution in [1.82, 2.24) is 0 Å². The van der Waals surface area contributed by atoms with Crippen molar-refractivity contribution < 1.29 is 24.0 Å². The molecule has 0 saturated carbocycles. The van der Waals surface area contributed by atoms with Crippen LogP contribution in [0.25, 0.3) is 11.1 Å². The topological polar surface area (TPSA) is 95.7 Å². The summed E-state index contributed by atoms with van der Waals surface area (Å²) in [4.78, 5) is 35.0. The Labute approximate surface area is 223 Å². The summed E-state index contributed by atoms with van der Waals surface area (Å²) in [7, 11) is 0. The van der Waals surface area contributed by atoms with Gasteiger partial charge in [-0.05, 0) is 66.1 Å². The lowest BCUT2D eigenvalue weighted by molar-refractivity contribution is -0.384. The highest BCUT2D eigenvalue weighted by atomic mass is 16.6. The van der Waals surface area contributed by atoms with Crippen LogP contribution in [0.4, 0.5) is 5.69 Å². The smallest absolute Gasteiger partial charge is 0.343 e. The summed E-state index contributed by atoms with van der Waals surface area (Å²) < 4.78 is 10.8. The van der Waals surface area contributed by atoms with Gasteiger partial charge in [0.25, 0.3) is 5.69 Å². The van der Waals surface area contributed by atoms with Crippen LogP contribution in [0, 0.1) is 10.1 Å². The van der Waals surface area contributed by atoms with Gasteiger partial charge in [-0.25, -0.2) is 4.79 Å². The molecule has 3 aromatic rings. The second kappa shape index (κ2) is 15.3. The summed E-state index contributed by atoms with van der Waals surface area (Å²) in [5, 5.41) is 10.8. The average Bonchev–Trinajstić information content (AvgIpc) is 2.93. The highest BCUT2D eigenvalue weighted by Gasteiger charge is 2.11. The van der Waals surface area contributed by atoms with Gasteiger partial charge in [-0.15, -0.1) is 0 Å². The van der Waals surface area contributed by atoms with E-state index >= 15 is 0 Å². The Bertz CT molecular complexity index is 1170. The molecular weight excluding hydrogens is 482 g/mol. The second-order valence-corrected chi connectivity index (χ2v) is 9.29. The van der Waals surface area contributed by atoms with Crippen LogP contribution in [0.3, 0.4) is 0 Å². The van der Waals surface area contributed by atoms with Gasteiger partial charge in [0.15, 0.2) is 0 Å². The van der Waals surface area contributed by atoms with E-state index in [4.69, 9.17) is 9.47 Å². The Morgan fingerprint density at radius 2 is 1.13 bits per heavy atom. The van der Waals surface area contributed by atoms with Gasteiger partial charge in [0, 0.05) is 18.6 Å². The molecule has 0 N–H and O–H groups in total. The van der Waals surface area contributed by atoms with Gasteiger partial charge in [0.2, 0.25) is 0 Å². The van der Waals surface area contributed by atoms with E-state index in [2.05, 4.69) is 6.92 Å². The van der Waals surface area contributed by atoms with E-state index in [-0.39, 0.29) is 11.7 Å². The Morgan fingerprint density at radius 3 is 1.68 bits per heavy atom. The summed E-state index contributed by atoms with van der Waals surface area (Å²) in [6.45, 7) is 2.22. The molecule has 0 aliphatic rings. The molecule has 0 radical (unpaired) electrons. The molecule has 7 nitrogen and oxygen atoms in total. The largest absolute Gasteiger partial charge is 0.427 e. The van der Waals surface area contributed by atoms with Crippen molar-refractivity contribution in [1.29, 1.82) is 0 Å². The third-order valence-corrected chi connectivity index (χ3v) is 6.28.